The number of ether oxygens (including phenoxy) is 1. The van der Waals surface area contributed by atoms with Crippen LogP contribution in [0.2, 0.25) is 5.02 Å². The van der Waals surface area contributed by atoms with Gasteiger partial charge in [0.25, 0.3) is 0 Å². The first kappa shape index (κ1) is 13.6. The quantitative estimate of drug-likeness (QED) is 0.793. The van der Waals surface area contributed by atoms with Crippen LogP contribution in [0, 0.1) is 5.82 Å². The van der Waals surface area contributed by atoms with Gasteiger partial charge in [0.2, 0.25) is 0 Å². The minimum Gasteiger partial charge on any atom is -0.497 e. The second-order valence-corrected chi connectivity index (χ2v) is 4.47. The van der Waals surface area contributed by atoms with E-state index in [-0.39, 0.29) is 12.2 Å². The molecule has 0 amide bonds. The van der Waals surface area contributed by atoms with E-state index in [1.165, 1.54) is 18.2 Å². The van der Waals surface area contributed by atoms with E-state index >= 15 is 0 Å². The van der Waals surface area contributed by atoms with Crippen LogP contribution in [0.25, 0.3) is 0 Å². The van der Waals surface area contributed by atoms with Crippen LogP contribution >= 0.6 is 11.6 Å². The number of rotatable bonds is 4. The molecule has 0 atom stereocenters. The van der Waals surface area contributed by atoms with Crippen molar-refractivity contribution in [2.24, 2.45) is 0 Å². The third-order valence-electron chi connectivity index (χ3n) is 2.77. The summed E-state index contributed by atoms with van der Waals surface area (Å²) in [6.07, 6.45) is 0.0723. The molecule has 4 heteroatoms. The molecule has 2 aromatic rings. The summed E-state index contributed by atoms with van der Waals surface area (Å²) in [5.74, 6) is 0.164. The Labute approximate surface area is 115 Å². The Balaban J connectivity index is 2.18. The number of methoxy groups -OCH3 is 1. The van der Waals surface area contributed by atoms with Crippen LogP contribution in [-0.4, -0.2) is 12.9 Å². The molecule has 2 aromatic carbocycles. The number of ketones is 1. The fourth-order valence-electron chi connectivity index (χ4n) is 1.73. The third kappa shape index (κ3) is 3.32. The number of carbonyl (C=O) groups excluding carboxylic acids is 1. The van der Waals surface area contributed by atoms with Crippen molar-refractivity contribution < 1.29 is 13.9 Å². The first-order valence-corrected chi connectivity index (χ1v) is 6.09. The van der Waals surface area contributed by atoms with Gasteiger partial charge in [0, 0.05) is 17.0 Å². The second-order valence-electron chi connectivity index (χ2n) is 4.06. The summed E-state index contributed by atoms with van der Waals surface area (Å²) < 4.78 is 18.1. The molecule has 0 aliphatic carbocycles. The number of benzene rings is 2. The predicted octanol–water partition coefficient (Wildman–Crippen LogP) is 3.91. The number of carbonyl (C=O) groups is 1. The lowest BCUT2D eigenvalue weighted by Gasteiger charge is -2.05. The second kappa shape index (κ2) is 5.85. The molecule has 0 aliphatic heterocycles. The van der Waals surface area contributed by atoms with Gasteiger partial charge in [0.1, 0.15) is 11.6 Å². The molecule has 0 radical (unpaired) electrons. The van der Waals surface area contributed by atoms with Gasteiger partial charge in [-0.1, -0.05) is 11.6 Å². The highest BCUT2D eigenvalue weighted by atomic mass is 35.5. The minimum absolute atomic E-state index is 0.0723. The fraction of sp³-hybridized carbons (Fsp3) is 0.133. The van der Waals surface area contributed by atoms with Crippen molar-refractivity contribution >= 4 is 17.4 Å². The lowest BCUT2D eigenvalue weighted by molar-refractivity contribution is 0.0993. The molecule has 98 valence electrons. The van der Waals surface area contributed by atoms with Gasteiger partial charge in [-0.15, -0.1) is 0 Å². The summed E-state index contributed by atoms with van der Waals surface area (Å²) >= 11 is 5.94. The molecular weight excluding hydrogens is 267 g/mol. The van der Waals surface area contributed by atoms with Crippen molar-refractivity contribution in [2.45, 2.75) is 6.42 Å². The average molecular weight is 279 g/mol. The Morgan fingerprint density at radius 3 is 2.53 bits per heavy atom. The van der Waals surface area contributed by atoms with E-state index in [2.05, 4.69) is 0 Å². The molecule has 0 heterocycles. The molecule has 2 nitrogen and oxygen atoms in total. The highest BCUT2D eigenvalue weighted by Gasteiger charge is 2.10. The van der Waals surface area contributed by atoms with Gasteiger partial charge in [-0.25, -0.2) is 4.39 Å². The predicted molar refractivity (Wildman–Crippen MR) is 72.4 cm³/mol. The summed E-state index contributed by atoms with van der Waals surface area (Å²) in [6.45, 7) is 0. The van der Waals surface area contributed by atoms with Gasteiger partial charge in [-0.2, -0.15) is 0 Å². The summed E-state index contributed by atoms with van der Waals surface area (Å²) in [5.41, 5.74) is 1.03. The Morgan fingerprint density at radius 2 is 1.89 bits per heavy atom. The van der Waals surface area contributed by atoms with E-state index in [0.717, 1.165) is 0 Å². The van der Waals surface area contributed by atoms with Crippen LogP contribution in [0.1, 0.15) is 15.9 Å². The van der Waals surface area contributed by atoms with Crippen LogP contribution < -0.4 is 4.74 Å². The zero-order valence-electron chi connectivity index (χ0n) is 10.3. The first-order valence-electron chi connectivity index (χ1n) is 5.71. The largest absolute Gasteiger partial charge is 0.497 e. The Hall–Kier alpha value is -1.87. The van der Waals surface area contributed by atoms with Crippen molar-refractivity contribution in [3.05, 3.63) is 64.4 Å². The lowest BCUT2D eigenvalue weighted by Crippen LogP contribution is -2.04. The van der Waals surface area contributed by atoms with Gasteiger partial charge < -0.3 is 4.74 Å². The molecule has 0 bridgehead atoms. The molecule has 2 rings (SSSR count). The van der Waals surface area contributed by atoms with E-state index in [4.69, 9.17) is 16.3 Å². The maximum absolute atomic E-state index is 13.1. The van der Waals surface area contributed by atoms with Crippen LogP contribution in [0.15, 0.2) is 42.5 Å². The zero-order chi connectivity index (χ0) is 13.8. The molecule has 19 heavy (non-hydrogen) atoms. The van der Waals surface area contributed by atoms with Gasteiger partial charge in [-0.05, 0) is 48.0 Å². The van der Waals surface area contributed by atoms with Crippen LogP contribution in [0.4, 0.5) is 4.39 Å². The van der Waals surface area contributed by atoms with Gasteiger partial charge in [0.05, 0.1) is 7.11 Å². The minimum atomic E-state index is -0.401. The number of hydrogen-bond donors (Lipinski definition) is 0. The first-order chi connectivity index (χ1) is 9.10. The summed E-state index contributed by atoms with van der Waals surface area (Å²) in [7, 11) is 1.56. The van der Waals surface area contributed by atoms with E-state index in [1.807, 2.05) is 0 Å². The van der Waals surface area contributed by atoms with Crippen molar-refractivity contribution in [3.8, 4) is 5.75 Å². The van der Waals surface area contributed by atoms with E-state index < -0.39 is 5.82 Å². The van der Waals surface area contributed by atoms with Gasteiger partial charge in [-0.3, -0.25) is 4.79 Å². The molecule has 0 saturated carbocycles. The highest BCUT2D eigenvalue weighted by Crippen LogP contribution is 2.20. The third-order valence-corrected chi connectivity index (χ3v) is 3.14. The standard InChI is InChI=1S/C15H12ClFO2/c1-19-13-5-2-10(3-6-13)15(18)9-11-8-12(17)4-7-14(11)16/h2-8H,9H2,1H3. The molecular formula is C15H12ClFO2. The smallest absolute Gasteiger partial charge is 0.167 e. The highest BCUT2D eigenvalue weighted by molar-refractivity contribution is 6.31. The number of halogens is 2. The Kier molecular flexibility index (Phi) is 4.17. The molecule has 0 aliphatic rings. The molecule has 0 saturated heterocycles. The summed E-state index contributed by atoms with van der Waals surface area (Å²) in [5, 5.41) is 0.392. The van der Waals surface area contributed by atoms with Crippen molar-refractivity contribution in [2.75, 3.05) is 7.11 Å². The van der Waals surface area contributed by atoms with Crippen molar-refractivity contribution in [1.82, 2.24) is 0 Å². The summed E-state index contributed by atoms with van der Waals surface area (Å²) in [6, 6.07) is 10.8. The number of Topliss-reactive ketones (excluding diaryl/α,β-unsaturated/α-hetero) is 1. The molecule has 0 N–H and O–H groups in total. The summed E-state index contributed by atoms with van der Waals surface area (Å²) in [4.78, 5) is 12.1. The normalized spacial score (nSPS) is 10.3. The SMILES string of the molecule is COc1ccc(C(=O)Cc2cc(F)ccc2Cl)cc1. The van der Waals surface area contributed by atoms with E-state index in [1.54, 1.807) is 31.4 Å². The fourth-order valence-corrected chi connectivity index (χ4v) is 1.92. The van der Waals surface area contributed by atoms with Crippen molar-refractivity contribution in [3.63, 3.8) is 0 Å². The molecule has 0 spiro atoms. The molecule has 0 fully saturated rings. The Bertz CT molecular complexity index is 594. The topological polar surface area (TPSA) is 26.3 Å². The van der Waals surface area contributed by atoms with Crippen LogP contribution in [0.5, 0.6) is 5.75 Å². The zero-order valence-corrected chi connectivity index (χ0v) is 11.1. The van der Waals surface area contributed by atoms with Crippen LogP contribution in [-0.2, 0) is 6.42 Å². The molecule has 0 aromatic heterocycles. The van der Waals surface area contributed by atoms with E-state index in [0.29, 0.717) is 21.9 Å². The Morgan fingerprint density at radius 1 is 1.21 bits per heavy atom. The molecule has 0 unspecified atom stereocenters. The monoisotopic (exact) mass is 278 g/mol. The number of hydrogen-bond acceptors (Lipinski definition) is 2. The maximum atomic E-state index is 13.1. The van der Waals surface area contributed by atoms with Crippen LogP contribution in [0.3, 0.4) is 0 Å². The lowest BCUT2D eigenvalue weighted by atomic mass is 10.0. The van der Waals surface area contributed by atoms with Crippen molar-refractivity contribution in [1.29, 1.82) is 0 Å². The average Bonchev–Trinajstić information content (AvgIpc) is 2.43. The van der Waals surface area contributed by atoms with Gasteiger partial charge in [0.15, 0.2) is 5.78 Å². The van der Waals surface area contributed by atoms with E-state index in [9.17, 15) is 9.18 Å². The maximum Gasteiger partial charge on any atom is 0.167 e. The van der Waals surface area contributed by atoms with Gasteiger partial charge >= 0.3 is 0 Å².